The van der Waals surface area contributed by atoms with Crippen LogP contribution in [0.1, 0.15) is 38.7 Å². The standard InChI is InChI=1S/C16H24FN3O/c1-11(2)12-4-3-8-20(9-7-12)15-6-5-13(10-14(15)17)16(18)19-21/h5-6,10-12,21H,3-4,7-9H2,1-2H3,(H2,18,19). The molecule has 1 aromatic carbocycles. The topological polar surface area (TPSA) is 61.8 Å². The van der Waals surface area contributed by atoms with Crippen LogP contribution in [0.3, 0.4) is 0 Å². The lowest BCUT2D eigenvalue weighted by Gasteiger charge is -2.24. The number of anilines is 1. The van der Waals surface area contributed by atoms with Crippen LogP contribution in [-0.2, 0) is 0 Å². The van der Waals surface area contributed by atoms with Crippen LogP contribution in [-0.4, -0.2) is 24.1 Å². The largest absolute Gasteiger partial charge is 0.409 e. The molecule has 116 valence electrons. The van der Waals surface area contributed by atoms with E-state index in [0.29, 0.717) is 17.2 Å². The maximum atomic E-state index is 14.3. The summed E-state index contributed by atoms with van der Waals surface area (Å²) in [5.41, 5.74) is 6.49. The van der Waals surface area contributed by atoms with Crippen molar-refractivity contribution in [2.24, 2.45) is 22.7 Å². The van der Waals surface area contributed by atoms with Crippen molar-refractivity contribution in [2.75, 3.05) is 18.0 Å². The molecule has 0 saturated carbocycles. The molecule has 0 amide bonds. The number of nitrogens with zero attached hydrogens (tertiary/aromatic N) is 2. The van der Waals surface area contributed by atoms with Crippen molar-refractivity contribution >= 4 is 11.5 Å². The quantitative estimate of drug-likeness (QED) is 0.389. The van der Waals surface area contributed by atoms with Gasteiger partial charge in [-0.25, -0.2) is 4.39 Å². The van der Waals surface area contributed by atoms with Crippen LogP contribution in [0.15, 0.2) is 23.4 Å². The third-order valence-electron chi connectivity index (χ3n) is 4.41. The van der Waals surface area contributed by atoms with E-state index in [1.807, 2.05) is 0 Å². The second-order valence-electron chi connectivity index (χ2n) is 6.07. The predicted octanol–water partition coefficient (Wildman–Crippen LogP) is 3.18. The molecule has 1 aromatic rings. The lowest BCUT2D eigenvalue weighted by atomic mass is 9.89. The zero-order chi connectivity index (χ0) is 15.4. The van der Waals surface area contributed by atoms with Gasteiger partial charge in [-0.15, -0.1) is 0 Å². The minimum atomic E-state index is -0.318. The third-order valence-corrected chi connectivity index (χ3v) is 4.41. The monoisotopic (exact) mass is 293 g/mol. The van der Waals surface area contributed by atoms with E-state index in [2.05, 4.69) is 23.9 Å². The van der Waals surface area contributed by atoms with Gasteiger partial charge in [0.25, 0.3) is 0 Å². The minimum Gasteiger partial charge on any atom is -0.409 e. The third kappa shape index (κ3) is 3.65. The van der Waals surface area contributed by atoms with Gasteiger partial charge in [-0.1, -0.05) is 19.0 Å². The zero-order valence-electron chi connectivity index (χ0n) is 12.7. The van der Waals surface area contributed by atoms with Crippen LogP contribution in [0.5, 0.6) is 0 Å². The van der Waals surface area contributed by atoms with Crippen LogP contribution < -0.4 is 10.6 Å². The highest BCUT2D eigenvalue weighted by Crippen LogP contribution is 2.28. The molecule has 1 heterocycles. The van der Waals surface area contributed by atoms with Gasteiger partial charge in [-0.3, -0.25) is 0 Å². The first-order valence-corrected chi connectivity index (χ1v) is 7.55. The van der Waals surface area contributed by atoms with E-state index in [9.17, 15) is 4.39 Å². The second-order valence-corrected chi connectivity index (χ2v) is 6.07. The van der Waals surface area contributed by atoms with Crippen molar-refractivity contribution in [3.05, 3.63) is 29.6 Å². The molecule has 2 rings (SSSR count). The molecule has 1 fully saturated rings. The van der Waals surface area contributed by atoms with E-state index in [4.69, 9.17) is 10.9 Å². The first kappa shape index (κ1) is 15.6. The SMILES string of the molecule is CC(C)C1CCCN(c2ccc(C(N)=NO)cc2F)CC1. The van der Waals surface area contributed by atoms with E-state index in [-0.39, 0.29) is 11.7 Å². The van der Waals surface area contributed by atoms with Gasteiger partial charge in [0.15, 0.2) is 5.84 Å². The Labute approximate surface area is 125 Å². The van der Waals surface area contributed by atoms with Crippen LogP contribution >= 0.6 is 0 Å². The molecule has 1 aliphatic rings. The van der Waals surface area contributed by atoms with Crippen molar-refractivity contribution in [3.8, 4) is 0 Å². The van der Waals surface area contributed by atoms with Gasteiger partial charge in [0, 0.05) is 18.7 Å². The lowest BCUT2D eigenvalue weighted by Crippen LogP contribution is -2.26. The first-order valence-electron chi connectivity index (χ1n) is 7.55. The summed E-state index contributed by atoms with van der Waals surface area (Å²) in [6.45, 7) is 6.27. The highest BCUT2D eigenvalue weighted by Gasteiger charge is 2.21. The molecule has 1 aliphatic heterocycles. The van der Waals surface area contributed by atoms with Crippen LogP contribution in [0, 0.1) is 17.7 Å². The van der Waals surface area contributed by atoms with Gasteiger partial charge in [-0.05, 0) is 49.3 Å². The minimum absolute atomic E-state index is 0.0730. The molecule has 1 unspecified atom stereocenters. The number of benzene rings is 1. The number of rotatable bonds is 3. The maximum absolute atomic E-state index is 14.3. The predicted molar refractivity (Wildman–Crippen MR) is 83.3 cm³/mol. The van der Waals surface area contributed by atoms with Gasteiger partial charge in [0.05, 0.1) is 5.69 Å². The summed E-state index contributed by atoms with van der Waals surface area (Å²) in [5.74, 6) is 1.01. The first-order chi connectivity index (χ1) is 10.0. The molecule has 0 radical (unpaired) electrons. The molecule has 1 atom stereocenters. The number of hydrogen-bond acceptors (Lipinski definition) is 3. The van der Waals surface area contributed by atoms with E-state index in [0.717, 1.165) is 31.8 Å². The Morgan fingerprint density at radius 2 is 2.14 bits per heavy atom. The van der Waals surface area contributed by atoms with E-state index < -0.39 is 0 Å². The molecule has 5 heteroatoms. The highest BCUT2D eigenvalue weighted by molar-refractivity contribution is 5.97. The number of halogens is 1. The smallest absolute Gasteiger partial charge is 0.170 e. The molecule has 0 aromatic heterocycles. The molecular formula is C16H24FN3O. The molecule has 0 bridgehead atoms. The average molecular weight is 293 g/mol. The molecule has 21 heavy (non-hydrogen) atoms. The van der Waals surface area contributed by atoms with E-state index in [1.165, 1.54) is 12.5 Å². The summed E-state index contributed by atoms with van der Waals surface area (Å²) in [6, 6.07) is 4.74. The summed E-state index contributed by atoms with van der Waals surface area (Å²) in [5, 5.41) is 11.5. The molecular weight excluding hydrogens is 269 g/mol. The molecule has 0 aliphatic carbocycles. The summed E-state index contributed by atoms with van der Waals surface area (Å²) in [4.78, 5) is 2.10. The summed E-state index contributed by atoms with van der Waals surface area (Å²) in [7, 11) is 0. The molecule has 1 saturated heterocycles. The summed E-state index contributed by atoms with van der Waals surface area (Å²) >= 11 is 0. The van der Waals surface area contributed by atoms with Crippen LogP contribution in [0.25, 0.3) is 0 Å². The average Bonchev–Trinajstić information content (AvgIpc) is 2.72. The zero-order valence-corrected chi connectivity index (χ0v) is 12.7. The summed E-state index contributed by atoms with van der Waals surface area (Å²) < 4.78 is 14.3. The molecule has 4 nitrogen and oxygen atoms in total. The Kier molecular flexibility index (Phi) is 5.04. The Morgan fingerprint density at radius 3 is 2.76 bits per heavy atom. The Hall–Kier alpha value is -1.78. The fraction of sp³-hybridized carbons (Fsp3) is 0.562. The second kappa shape index (κ2) is 6.78. The fourth-order valence-electron chi connectivity index (χ4n) is 3.01. The Morgan fingerprint density at radius 1 is 1.38 bits per heavy atom. The fourth-order valence-corrected chi connectivity index (χ4v) is 3.01. The van der Waals surface area contributed by atoms with Gasteiger partial charge >= 0.3 is 0 Å². The van der Waals surface area contributed by atoms with Crippen molar-refractivity contribution in [1.82, 2.24) is 0 Å². The normalized spacial score (nSPS) is 20.7. The van der Waals surface area contributed by atoms with Crippen LogP contribution in [0.2, 0.25) is 0 Å². The number of amidine groups is 1. The highest BCUT2D eigenvalue weighted by atomic mass is 19.1. The molecule has 0 spiro atoms. The van der Waals surface area contributed by atoms with Gasteiger partial charge in [0.2, 0.25) is 0 Å². The number of oxime groups is 1. The van der Waals surface area contributed by atoms with Gasteiger partial charge < -0.3 is 15.8 Å². The summed E-state index contributed by atoms with van der Waals surface area (Å²) in [6.07, 6.45) is 3.39. The van der Waals surface area contributed by atoms with Crippen LogP contribution in [0.4, 0.5) is 10.1 Å². The lowest BCUT2D eigenvalue weighted by molar-refractivity contribution is 0.318. The van der Waals surface area contributed by atoms with Gasteiger partial charge in [0.1, 0.15) is 5.82 Å². The Bertz CT molecular complexity index is 516. The van der Waals surface area contributed by atoms with Gasteiger partial charge in [-0.2, -0.15) is 0 Å². The number of nitrogens with two attached hydrogens (primary N) is 1. The Balaban J connectivity index is 2.15. The maximum Gasteiger partial charge on any atom is 0.170 e. The van der Waals surface area contributed by atoms with Crippen molar-refractivity contribution < 1.29 is 9.60 Å². The number of hydrogen-bond donors (Lipinski definition) is 2. The van der Waals surface area contributed by atoms with E-state index in [1.54, 1.807) is 12.1 Å². The van der Waals surface area contributed by atoms with Crippen molar-refractivity contribution in [2.45, 2.75) is 33.1 Å². The van der Waals surface area contributed by atoms with Crippen molar-refractivity contribution in [3.63, 3.8) is 0 Å². The van der Waals surface area contributed by atoms with E-state index >= 15 is 0 Å². The van der Waals surface area contributed by atoms with Crippen molar-refractivity contribution in [1.29, 1.82) is 0 Å². The molecule has 3 N–H and O–H groups in total.